The number of aliphatic hydroxyl groups excluding tert-OH is 1. The highest BCUT2D eigenvalue weighted by Crippen LogP contribution is 2.20. The van der Waals surface area contributed by atoms with E-state index in [1.807, 2.05) is 25.3 Å². The maximum atomic E-state index is 12.2. The Morgan fingerprint density at radius 2 is 2.30 bits per heavy atom. The van der Waals surface area contributed by atoms with Crippen LogP contribution in [0.1, 0.15) is 47.4 Å². The average Bonchev–Trinajstić information content (AvgIpc) is 3.09. The molecule has 2 aromatic heterocycles. The highest BCUT2D eigenvalue weighted by atomic mass is 32.1. The Kier molecular flexibility index (Phi) is 4.98. The zero-order valence-corrected chi connectivity index (χ0v) is 12.4. The van der Waals surface area contributed by atoms with Crippen LogP contribution in [-0.2, 0) is 6.42 Å². The first-order valence-electron chi connectivity index (χ1n) is 6.70. The van der Waals surface area contributed by atoms with Crippen LogP contribution in [0.4, 0.5) is 0 Å². The van der Waals surface area contributed by atoms with Crippen LogP contribution in [0.3, 0.4) is 0 Å². The molecule has 1 amide bonds. The second-order valence-corrected chi connectivity index (χ2v) is 5.69. The Morgan fingerprint density at radius 1 is 1.50 bits per heavy atom. The first-order chi connectivity index (χ1) is 9.61. The average molecular weight is 293 g/mol. The van der Waals surface area contributed by atoms with Crippen molar-refractivity contribution < 1.29 is 14.3 Å². The number of thiophene rings is 1. The van der Waals surface area contributed by atoms with E-state index < -0.39 is 6.10 Å². The van der Waals surface area contributed by atoms with Gasteiger partial charge in [0.2, 0.25) is 0 Å². The lowest BCUT2D eigenvalue weighted by Gasteiger charge is -2.16. The summed E-state index contributed by atoms with van der Waals surface area (Å²) >= 11 is 1.45. The molecule has 0 fully saturated rings. The maximum absolute atomic E-state index is 12.2. The smallest absolute Gasteiger partial charge is 0.261 e. The molecule has 2 unspecified atom stereocenters. The van der Waals surface area contributed by atoms with Crippen molar-refractivity contribution in [3.63, 3.8) is 0 Å². The van der Waals surface area contributed by atoms with Gasteiger partial charge in [0.15, 0.2) is 0 Å². The molecule has 5 heteroatoms. The molecule has 0 aliphatic rings. The zero-order valence-electron chi connectivity index (χ0n) is 11.6. The standard InChI is InChI=1S/C15H19NO3S/c1-3-11-6-8-20-14(11)15(18)16-10(2)9-12(17)13-5-4-7-19-13/h4-8,10,12,17H,3,9H2,1-2H3,(H,16,18). The van der Waals surface area contributed by atoms with Crippen LogP contribution in [0.25, 0.3) is 0 Å². The number of furan rings is 1. The van der Waals surface area contributed by atoms with E-state index in [-0.39, 0.29) is 11.9 Å². The van der Waals surface area contributed by atoms with E-state index in [1.54, 1.807) is 12.1 Å². The van der Waals surface area contributed by atoms with Crippen molar-refractivity contribution >= 4 is 17.2 Å². The molecule has 4 nitrogen and oxygen atoms in total. The van der Waals surface area contributed by atoms with Crippen LogP contribution in [-0.4, -0.2) is 17.1 Å². The summed E-state index contributed by atoms with van der Waals surface area (Å²) in [6.07, 6.45) is 2.09. The Labute approximate surface area is 122 Å². The number of carbonyl (C=O) groups is 1. The molecule has 0 saturated heterocycles. The molecule has 2 heterocycles. The molecule has 0 radical (unpaired) electrons. The fourth-order valence-corrected chi connectivity index (χ4v) is 2.99. The lowest BCUT2D eigenvalue weighted by molar-refractivity contribution is 0.0906. The van der Waals surface area contributed by atoms with Gasteiger partial charge >= 0.3 is 0 Å². The number of nitrogens with one attached hydrogen (secondary N) is 1. The predicted octanol–water partition coefficient (Wildman–Crippen LogP) is 3.15. The van der Waals surface area contributed by atoms with E-state index >= 15 is 0 Å². The second kappa shape index (κ2) is 6.72. The molecule has 2 aromatic rings. The van der Waals surface area contributed by atoms with Gasteiger partial charge in [-0.05, 0) is 42.5 Å². The fourth-order valence-electron chi connectivity index (χ4n) is 2.09. The van der Waals surface area contributed by atoms with Crippen LogP contribution in [0.15, 0.2) is 34.3 Å². The third kappa shape index (κ3) is 3.49. The summed E-state index contributed by atoms with van der Waals surface area (Å²) in [6, 6.07) is 5.31. The van der Waals surface area contributed by atoms with Crippen LogP contribution in [0.2, 0.25) is 0 Å². The van der Waals surface area contributed by atoms with Gasteiger partial charge in [-0.25, -0.2) is 0 Å². The van der Waals surface area contributed by atoms with Gasteiger partial charge in [0, 0.05) is 12.5 Å². The SMILES string of the molecule is CCc1ccsc1C(=O)NC(C)CC(O)c1ccco1. The van der Waals surface area contributed by atoms with Crippen molar-refractivity contribution in [1.82, 2.24) is 5.32 Å². The molecule has 108 valence electrons. The normalized spacial score (nSPS) is 13.9. The van der Waals surface area contributed by atoms with E-state index in [0.717, 1.165) is 16.9 Å². The van der Waals surface area contributed by atoms with Crippen LogP contribution < -0.4 is 5.32 Å². The van der Waals surface area contributed by atoms with E-state index in [4.69, 9.17) is 4.42 Å². The largest absolute Gasteiger partial charge is 0.467 e. The van der Waals surface area contributed by atoms with Crippen LogP contribution in [0, 0.1) is 0 Å². The Bertz CT molecular complexity index is 547. The number of hydrogen-bond donors (Lipinski definition) is 2. The number of rotatable bonds is 6. The van der Waals surface area contributed by atoms with Gasteiger partial charge in [-0.15, -0.1) is 11.3 Å². The minimum Gasteiger partial charge on any atom is -0.467 e. The molecule has 0 saturated carbocycles. The van der Waals surface area contributed by atoms with Gasteiger partial charge in [0.25, 0.3) is 5.91 Å². The van der Waals surface area contributed by atoms with Crippen molar-refractivity contribution in [2.45, 2.75) is 38.8 Å². The molecular weight excluding hydrogens is 274 g/mol. The van der Waals surface area contributed by atoms with E-state index in [1.165, 1.54) is 17.6 Å². The lowest BCUT2D eigenvalue weighted by atomic mass is 10.1. The monoisotopic (exact) mass is 293 g/mol. The third-order valence-electron chi connectivity index (χ3n) is 3.16. The molecule has 0 aromatic carbocycles. The first-order valence-corrected chi connectivity index (χ1v) is 7.58. The summed E-state index contributed by atoms with van der Waals surface area (Å²) in [5.74, 6) is 0.451. The van der Waals surface area contributed by atoms with Gasteiger partial charge in [-0.3, -0.25) is 4.79 Å². The quantitative estimate of drug-likeness (QED) is 0.860. The number of carbonyl (C=O) groups excluding carboxylic acids is 1. The predicted molar refractivity (Wildman–Crippen MR) is 78.9 cm³/mol. The molecule has 0 spiro atoms. The van der Waals surface area contributed by atoms with Crippen molar-refractivity contribution in [3.8, 4) is 0 Å². The number of hydrogen-bond acceptors (Lipinski definition) is 4. The molecule has 2 rings (SSSR count). The highest BCUT2D eigenvalue weighted by molar-refractivity contribution is 7.12. The molecule has 0 bridgehead atoms. The van der Waals surface area contributed by atoms with E-state index in [0.29, 0.717) is 12.2 Å². The molecule has 2 atom stereocenters. The van der Waals surface area contributed by atoms with Crippen LogP contribution >= 0.6 is 11.3 Å². The summed E-state index contributed by atoms with van der Waals surface area (Å²) in [7, 11) is 0. The van der Waals surface area contributed by atoms with Crippen LogP contribution in [0.5, 0.6) is 0 Å². The number of aryl methyl sites for hydroxylation is 1. The summed E-state index contributed by atoms with van der Waals surface area (Å²) < 4.78 is 5.15. The van der Waals surface area contributed by atoms with Gasteiger partial charge in [0.05, 0.1) is 11.1 Å². The maximum Gasteiger partial charge on any atom is 0.261 e. The van der Waals surface area contributed by atoms with Crippen molar-refractivity contribution in [1.29, 1.82) is 0 Å². The number of aliphatic hydroxyl groups is 1. The minimum absolute atomic E-state index is 0.0732. The van der Waals surface area contributed by atoms with Gasteiger partial charge in [0.1, 0.15) is 11.9 Å². The Balaban J connectivity index is 1.91. The molecule has 20 heavy (non-hydrogen) atoms. The molecular formula is C15H19NO3S. The summed E-state index contributed by atoms with van der Waals surface area (Å²) in [5, 5.41) is 14.8. The molecule has 0 aliphatic heterocycles. The van der Waals surface area contributed by atoms with Gasteiger partial charge in [-0.2, -0.15) is 0 Å². The summed E-state index contributed by atoms with van der Waals surface area (Å²) in [4.78, 5) is 12.9. The fraction of sp³-hybridized carbons (Fsp3) is 0.400. The summed E-state index contributed by atoms with van der Waals surface area (Å²) in [6.45, 7) is 3.91. The number of amides is 1. The topological polar surface area (TPSA) is 62.5 Å². The van der Waals surface area contributed by atoms with Crippen molar-refractivity contribution in [2.75, 3.05) is 0 Å². The second-order valence-electron chi connectivity index (χ2n) is 4.77. The minimum atomic E-state index is -0.700. The van der Waals surface area contributed by atoms with E-state index in [9.17, 15) is 9.90 Å². The molecule has 2 N–H and O–H groups in total. The zero-order chi connectivity index (χ0) is 14.5. The third-order valence-corrected chi connectivity index (χ3v) is 4.12. The van der Waals surface area contributed by atoms with Gasteiger partial charge < -0.3 is 14.8 Å². The van der Waals surface area contributed by atoms with Crippen molar-refractivity contribution in [3.05, 3.63) is 46.0 Å². The Morgan fingerprint density at radius 3 is 2.95 bits per heavy atom. The summed E-state index contributed by atoms with van der Waals surface area (Å²) in [5.41, 5.74) is 1.06. The van der Waals surface area contributed by atoms with Crippen molar-refractivity contribution in [2.24, 2.45) is 0 Å². The Hall–Kier alpha value is -1.59. The first kappa shape index (κ1) is 14.8. The van der Waals surface area contributed by atoms with Gasteiger partial charge in [-0.1, -0.05) is 6.92 Å². The highest BCUT2D eigenvalue weighted by Gasteiger charge is 2.18. The van der Waals surface area contributed by atoms with E-state index in [2.05, 4.69) is 5.32 Å². The lowest BCUT2D eigenvalue weighted by Crippen LogP contribution is -2.33. The molecule has 0 aliphatic carbocycles.